The van der Waals surface area contributed by atoms with Crippen molar-refractivity contribution in [2.45, 2.75) is 104 Å². The van der Waals surface area contributed by atoms with E-state index in [4.69, 9.17) is 93.0 Å². The summed E-state index contributed by atoms with van der Waals surface area (Å²) in [4.78, 5) is 0. The van der Waals surface area contributed by atoms with Crippen molar-refractivity contribution in [3.8, 4) is 22.3 Å². The Hall–Kier alpha value is -2.47. The zero-order valence-electron chi connectivity index (χ0n) is 42.7. The van der Waals surface area contributed by atoms with Gasteiger partial charge >= 0.3 is 0 Å². The van der Waals surface area contributed by atoms with E-state index >= 15 is 0 Å². The molecule has 0 aliphatic heterocycles. The average Bonchev–Trinajstić information content (AvgIpc) is 3.27. The second-order valence-corrected chi connectivity index (χ2v) is 19.6. The molecule has 0 aromatic heterocycles. The van der Waals surface area contributed by atoms with Gasteiger partial charge in [0.2, 0.25) is 0 Å². The summed E-state index contributed by atoms with van der Waals surface area (Å²) >= 11 is 0. The van der Waals surface area contributed by atoms with Crippen molar-refractivity contribution in [2.75, 3.05) is 0 Å². The average molecular weight is 824 g/mol. The Morgan fingerprint density at radius 3 is 1.07 bits per heavy atom. The number of hydrogen-bond donors (Lipinski definition) is 0. The van der Waals surface area contributed by atoms with Crippen LogP contribution >= 0.6 is 0 Å². The summed E-state index contributed by atoms with van der Waals surface area (Å²) in [6.07, 6.45) is -3.86. The summed E-state index contributed by atoms with van der Waals surface area (Å²) in [6.45, 7) is 30.8. The van der Waals surface area contributed by atoms with Crippen molar-refractivity contribution < 1.29 is 0 Å². The first kappa shape index (κ1) is 53.9. The van der Waals surface area contributed by atoms with Crippen LogP contribution in [0, 0.1) is 104 Å². The van der Waals surface area contributed by atoms with Gasteiger partial charge in [0.25, 0.3) is 0 Å². The second-order valence-electron chi connectivity index (χ2n) is 19.6. The molecule has 0 amide bonds. The van der Waals surface area contributed by atoms with Crippen LogP contribution in [0.2, 0.25) is 0 Å². The first-order valence-corrected chi connectivity index (χ1v) is 23.4. The minimum Gasteiger partial charge on any atom is -0.103 e. The normalized spacial score (nSPS) is 11.3. The summed E-state index contributed by atoms with van der Waals surface area (Å²) < 4.78 is 0. The van der Waals surface area contributed by atoms with Crippen LogP contribution in [0.4, 0.5) is 0 Å². The molecule has 0 aliphatic rings. The van der Waals surface area contributed by atoms with Crippen LogP contribution in [0.25, 0.3) is 54.6 Å². The van der Waals surface area contributed by atoms with E-state index in [0.29, 0.717) is 27.2 Å². The molecule has 0 atom stereocenters. The molecule has 0 saturated carbocycles. The van der Waals surface area contributed by atoms with Crippen molar-refractivity contribution in [2.24, 2.45) is 0 Å². The maximum absolute atomic E-state index is 7.65. The fraction of sp³-hybridized carbons (Fsp3) is 0.333. The van der Waals surface area contributed by atoms with Crippen molar-refractivity contribution in [1.29, 1.82) is 0 Å². The summed E-state index contributed by atoms with van der Waals surface area (Å²) in [5.41, 5.74) is 24.9. The zero-order valence-corrected chi connectivity index (χ0v) is 42.7. The number of fused-ring (bicyclic) bond motifs is 3. The maximum atomic E-state index is 7.65. The lowest BCUT2D eigenvalue weighted by Crippen LogP contribution is -2.72. The van der Waals surface area contributed by atoms with E-state index in [9.17, 15) is 0 Å². The zero-order chi connectivity index (χ0) is 50.5. The van der Waals surface area contributed by atoms with Gasteiger partial charge in [-0.3, -0.25) is 0 Å². The quantitative estimate of drug-likeness (QED) is 0.126. The van der Waals surface area contributed by atoms with Gasteiger partial charge in [-0.1, -0.05) is 27.4 Å². The van der Waals surface area contributed by atoms with Gasteiger partial charge in [0, 0.05) is 125 Å². The standard InChI is InChI=1S/C45H45B22/c1-16-17(2)21(6)31(22(7)18(16)3)34-25(10)19(4)23(8)32-30(15)37-33(29(14)36(32)34)24(9)20(5)26(11)35(37)40-42(58-47)41(46)39-38(44(40)61(50)59-48)27(12)28(13)43(62(64(51)52)65(53)54)45(39)63(66(55)56)67(57)60-49/h1-15H3. The molecule has 0 N–H and O–H groups in total. The lowest BCUT2D eigenvalue weighted by molar-refractivity contribution is 1.17. The molecular formula is C45H45B22. The van der Waals surface area contributed by atoms with Crippen molar-refractivity contribution in [1.82, 2.24) is 0 Å². The van der Waals surface area contributed by atoms with Crippen LogP contribution in [0.1, 0.15) is 83.5 Å². The molecule has 0 heterocycles. The second kappa shape index (κ2) is 20.0. The van der Waals surface area contributed by atoms with Crippen molar-refractivity contribution in [3.05, 3.63) is 83.5 Å². The third-order valence-electron chi connectivity index (χ3n) is 16.5. The molecule has 6 aromatic rings. The first-order valence-electron chi connectivity index (χ1n) is 23.4. The predicted molar refractivity (Wildman–Crippen MR) is 326 cm³/mol. The van der Waals surface area contributed by atoms with Gasteiger partial charge in [0.1, 0.15) is 7.85 Å². The van der Waals surface area contributed by atoms with Crippen LogP contribution in [0.15, 0.2) is 0 Å². The highest BCUT2D eigenvalue weighted by atomic mass is 14.3. The molecule has 0 fully saturated rings. The number of benzene rings is 6. The molecular weight excluding hydrogens is 778 g/mol. The van der Waals surface area contributed by atoms with Gasteiger partial charge in [-0.15, -0.1) is 5.46 Å². The van der Waals surface area contributed by atoms with Crippen LogP contribution in [-0.4, -0.2) is 159 Å². The Labute approximate surface area is 425 Å². The predicted octanol–water partition coefficient (Wildman–Crippen LogP) is 0.602. The van der Waals surface area contributed by atoms with Gasteiger partial charge in [-0.05, 0) is 236 Å². The topological polar surface area (TPSA) is 0 Å². The van der Waals surface area contributed by atoms with Crippen LogP contribution < -0.4 is 27.3 Å². The fourth-order valence-electron chi connectivity index (χ4n) is 12.0. The van der Waals surface area contributed by atoms with E-state index in [2.05, 4.69) is 90.0 Å². The molecule has 6 rings (SSSR count). The molecule has 0 aliphatic carbocycles. The lowest BCUT2D eigenvalue weighted by atomic mass is 8.67. The largest absolute Gasteiger partial charge is 0.113 e. The monoisotopic (exact) mass is 828 g/mol. The number of hydrogen-bond acceptors (Lipinski definition) is 0. The third kappa shape index (κ3) is 8.17. The lowest BCUT2D eigenvalue weighted by Gasteiger charge is -2.38. The summed E-state index contributed by atoms with van der Waals surface area (Å²) in [7, 11) is 85.4. The molecule has 27 radical (unpaired) electrons. The van der Waals surface area contributed by atoms with Crippen molar-refractivity contribution in [3.63, 3.8) is 0 Å². The highest BCUT2D eigenvalue weighted by Crippen LogP contribution is 2.49. The Bertz CT molecular complexity index is 2990. The highest BCUT2D eigenvalue weighted by Gasteiger charge is 2.38. The van der Waals surface area contributed by atoms with Gasteiger partial charge < -0.3 is 0 Å². The van der Waals surface area contributed by atoms with Gasteiger partial charge in [0.15, 0.2) is 0 Å². The SMILES string of the molecule is [B][B]B([B])B(B([B])[B])c1c(B(B([B])[B])B([B])[B])c(C)c(C)c2c(B([B])[B][B])c(-c3c(C)c(C)c(C)c4c(C)c5c(-c6c(C)c(C)c(C)c(C)c6C)c(C)c(C)c(C)c5c(C)c34)c([B][B])c([B])c12. The van der Waals surface area contributed by atoms with Crippen LogP contribution in [0.3, 0.4) is 0 Å². The Kier molecular flexibility index (Phi) is 16.1. The smallest absolute Gasteiger partial charge is 0.103 e. The summed E-state index contributed by atoms with van der Waals surface area (Å²) in [6, 6.07) is 0. The maximum Gasteiger partial charge on any atom is 0.113 e. The minimum absolute atomic E-state index is 0.353. The van der Waals surface area contributed by atoms with E-state index in [-0.39, 0.29) is 0 Å². The van der Waals surface area contributed by atoms with E-state index in [0.717, 1.165) is 55.2 Å². The van der Waals surface area contributed by atoms with E-state index < -0.39 is 45.0 Å². The molecule has 22 heteroatoms. The molecule has 0 bridgehead atoms. The van der Waals surface area contributed by atoms with Gasteiger partial charge in [0.05, 0.1) is 26.7 Å². The molecule has 0 unspecified atom stereocenters. The highest BCUT2D eigenvalue weighted by molar-refractivity contribution is 7.89. The molecule has 0 saturated heterocycles. The van der Waals surface area contributed by atoms with Gasteiger partial charge in [-0.2, -0.15) is 0 Å². The summed E-state index contributed by atoms with van der Waals surface area (Å²) in [5, 5.41) is 6.06. The van der Waals surface area contributed by atoms with Crippen LogP contribution in [-0.2, 0) is 0 Å². The third-order valence-corrected chi connectivity index (χ3v) is 16.5. The van der Waals surface area contributed by atoms with E-state index in [1.807, 2.05) is 13.8 Å². The fourth-order valence-corrected chi connectivity index (χ4v) is 12.0. The minimum atomic E-state index is -1.03. The molecule has 0 spiro atoms. The first-order chi connectivity index (χ1) is 31.2. The molecule has 67 heavy (non-hydrogen) atoms. The summed E-state index contributed by atoms with van der Waals surface area (Å²) in [5.74, 6) is 0. The molecule has 291 valence electrons. The number of aryl methyl sites for hydroxylation is 5. The van der Waals surface area contributed by atoms with Gasteiger partial charge in [-0.25, -0.2) is 0 Å². The van der Waals surface area contributed by atoms with E-state index in [1.54, 1.807) is 7.17 Å². The van der Waals surface area contributed by atoms with Crippen LogP contribution in [0.5, 0.6) is 0 Å². The van der Waals surface area contributed by atoms with Crippen molar-refractivity contribution >= 4 is 219 Å². The Morgan fingerprint density at radius 2 is 0.687 bits per heavy atom. The Balaban J connectivity index is 2.02. The van der Waals surface area contributed by atoms with E-state index in [1.165, 1.54) is 97.0 Å². The number of rotatable bonds is 12. The Morgan fingerprint density at radius 1 is 0.313 bits per heavy atom. The molecule has 6 aromatic carbocycles. The molecule has 0 nitrogen and oxygen atoms in total.